The minimum Gasteiger partial charge on any atom is -0.326 e. The van der Waals surface area contributed by atoms with Crippen molar-refractivity contribution < 1.29 is 9.59 Å². The summed E-state index contributed by atoms with van der Waals surface area (Å²) >= 11 is 11.9. The van der Waals surface area contributed by atoms with E-state index in [-0.39, 0.29) is 24.3 Å². The number of anilines is 2. The quantitative estimate of drug-likeness (QED) is 0.704. The van der Waals surface area contributed by atoms with Crippen LogP contribution in [0.3, 0.4) is 0 Å². The molecule has 1 aliphatic heterocycles. The highest BCUT2D eigenvalue weighted by atomic mass is 35.5. The molecule has 0 aromatic heterocycles. The zero-order valence-electron chi connectivity index (χ0n) is 16.6. The fourth-order valence-electron chi connectivity index (χ4n) is 3.44. The SMILES string of the molecule is Cc1ccc(C)c(NC(=O)C2CCN(CC(=O)Nc3ccc(Cl)c(Cl)c3)CC2)c1. The number of nitrogens with zero attached hydrogens (tertiary/aromatic N) is 1. The second-order valence-electron chi connectivity index (χ2n) is 7.54. The number of hydrogen-bond donors (Lipinski definition) is 2. The molecular weight excluding hydrogens is 409 g/mol. The van der Waals surface area contributed by atoms with Crippen molar-refractivity contribution in [2.75, 3.05) is 30.3 Å². The topological polar surface area (TPSA) is 61.4 Å². The van der Waals surface area contributed by atoms with Crippen LogP contribution in [-0.2, 0) is 9.59 Å². The van der Waals surface area contributed by atoms with Gasteiger partial charge in [0, 0.05) is 17.3 Å². The molecule has 1 saturated heterocycles. The van der Waals surface area contributed by atoms with E-state index in [0.29, 0.717) is 28.8 Å². The van der Waals surface area contributed by atoms with E-state index in [1.165, 1.54) is 0 Å². The zero-order valence-corrected chi connectivity index (χ0v) is 18.1. The fourth-order valence-corrected chi connectivity index (χ4v) is 3.73. The summed E-state index contributed by atoms with van der Waals surface area (Å²) in [5.74, 6) is -0.0930. The fraction of sp³-hybridized carbons (Fsp3) is 0.364. The maximum absolute atomic E-state index is 12.6. The normalized spacial score (nSPS) is 15.2. The molecule has 0 atom stereocenters. The molecule has 0 unspecified atom stereocenters. The summed E-state index contributed by atoms with van der Waals surface area (Å²) in [5.41, 5.74) is 3.67. The van der Waals surface area contributed by atoms with Crippen LogP contribution in [0, 0.1) is 19.8 Å². The molecule has 154 valence electrons. The number of hydrogen-bond acceptors (Lipinski definition) is 3. The molecule has 2 aromatic rings. The largest absolute Gasteiger partial charge is 0.326 e. The Balaban J connectivity index is 1.47. The number of amides is 2. The molecule has 3 rings (SSSR count). The molecule has 0 radical (unpaired) electrons. The molecule has 2 N–H and O–H groups in total. The predicted octanol–water partition coefficient (Wildman–Crippen LogP) is 4.90. The number of carbonyl (C=O) groups is 2. The summed E-state index contributed by atoms with van der Waals surface area (Å²) < 4.78 is 0. The predicted molar refractivity (Wildman–Crippen MR) is 119 cm³/mol. The van der Waals surface area contributed by atoms with Crippen molar-refractivity contribution in [1.29, 1.82) is 0 Å². The van der Waals surface area contributed by atoms with Gasteiger partial charge in [-0.25, -0.2) is 0 Å². The Labute approximate surface area is 181 Å². The smallest absolute Gasteiger partial charge is 0.238 e. The monoisotopic (exact) mass is 433 g/mol. The first-order valence-electron chi connectivity index (χ1n) is 9.67. The molecule has 0 spiro atoms. The number of carbonyl (C=O) groups excluding carboxylic acids is 2. The summed E-state index contributed by atoms with van der Waals surface area (Å²) in [6.45, 7) is 5.70. The van der Waals surface area contributed by atoms with Crippen molar-refractivity contribution in [1.82, 2.24) is 4.90 Å². The van der Waals surface area contributed by atoms with Crippen LogP contribution < -0.4 is 10.6 Å². The Morgan fingerprint density at radius 1 is 1.00 bits per heavy atom. The Kier molecular flexibility index (Phi) is 7.17. The summed E-state index contributed by atoms with van der Waals surface area (Å²) in [6.07, 6.45) is 1.47. The van der Waals surface area contributed by atoms with Gasteiger partial charge in [0.25, 0.3) is 0 Å². The van der Waals surface area contributed by atoms with Gasteiger partial charge in [-0.3, -0.25) is 14.5 Å². The molecular formula is C22H25Cl2N3O2. The van der Waals surface area contributed by atoms with E-state index in [9.17, 15) is 9.59 Å². The van der Waals surface area contributed by atoms with Gasteiger partial charge in [0.15, 0.2) is 0 Å². The Morgan fingerprint density at radius 3 is 2.41 bits per heavy atom. The lowest BCUT2D eigenvalue weighted by Crippen LogP contribution is -2.41. The van der Waals surface area contributed by atoms with Crippen LogP contribution in [0.5, 0.6) is 0 Å². The minimum absolute atomic E-state index is 0.0377. The summed E-state index contributed by atoms with van der Waals surface area (Å²) in [7, 11) is 0. The van der Waals surface area contributed by atoms with Gasteiger partial charge in [-0.15, -0.1) is 0 Å². The minimum atomic E-state index is -0.110. The molecule has 5 nitrogen and oxygen atoms in total. The first kappa shape index (κ1) is 21.6. The van der Waals surface area contributed by atoms with Crippen LogP contribution in [0.15, 0.2) is 36.4 Å². The van der Waals surface area contributed by atoms with Gasteiger partial charge >= 0.3 is 0 Å². The average Bonchev–Trinajstić information content (AvgIpc) is 2.68. The van der Waals surface area contributed by atoms with Gasteiger partial charge < -0.3 is 10.6 Å². The third-order valence-electron chi connectivity index (χ3n) is 5.18. The van der Waals surface area contributed by atoms with Crippen molar-refractivity contribution in [3.05, 3.63) is 57.6 Å². The number of benzene rings is 2. The third kappa shape index (κ3) is 5.95. The molecule has 7 heteroatoms. The Hall–Kier alpha value is -2.08. The van der Waals surface area contributed by atoms with Crippen LogP contribution >= 0.6 is 23.2 Å². The Morgan fingerprint density at radius 2 is 1.72 bits per heavy atom. The molecule has 0 aliphatic carbocycles. The van der Waals surface area contributed by atoms with Crippen molar-refractivity contribution in [3.63, 3.8) is 0 Å². The highest BCUT2D eigenvalue weighted by molar-refractivity contribution is 6.42. The van der Waals surface area contributed by atoms with Gasteiger partial charge in [0.1, 0.15) is 0 Å². The lowest BCUT2D eigenvalue weighted by molar-refractivity contribution is -0.121. The van der Waals surface area contributed by atoms with Crippen molar-refractivity contribution >= 4 is 46.4 Å². The Bertz CT molecular complexity index is 909. The number of rotatable bonds is 5. The number of piperidine rings is 1. The van der Waals surface area contributed by atoms with Gasteiger partial charge in [-0.1, -0.05) is 35.3 Å². The second-order valence-corrected chi connectivity index (χ2v) is 8.35. The third-order valence-corrected chi connectivity index (χ3v) is 5.92. The van der Waals surface area contributed by atoms with E-state index >= 15 is 0 Å². The van der Waals surface area contributed by atoms with Crippen LogP contribution in [0.1, 0.15) is 24.0 Å². The van der Waals surface area contributed by atoms with Crippen LogP contribution in [0.2, 0.25) is 10.0 Å². The van der Waals surface area contributed by atoms with E-state index in [1.54, 1.807) is 18.2 Å². The van der Waals surface area contributed by atoms with Crippen molar-refractivity contribution in [3.8, 4) is 0 Å². The van der Waals surface area contributed by atoms with Gasteiger partial charge in [-0.2, -0.15) is 0 Å². The van der Waals surface area contributed by atoms with E-state index in [2.05, 4.69) is 15.5 Å². The molecule has 29 heavy (non-hydrogen) atoms. The van der Waals surface area contributed by atoms with Crippen LogP contribution in [-0.4, -0.2) is 36.3 Å². The summed E-state index contributed by atoms with van der Waals surface area (Å²) in [5, 5.41) is 6.74. The van der Waals surface area contributed by atoms with Gasteiger partial charge in [0.2, 0.25) is 11.8 Å². The summed E-state index contributed by atoms with van der Waals surface area (Å²) in [6, 6.07) is 11.0. The van der Waals surface area contributed by atoms with E-state index in [0.717, 1.165) is 29.7 Å². The standard InChI is InChI=1S/C22H25Cl2N3O2/c1-14-3-4-15(2)20(11-14)26-22(29)16-7-9-27(10-8-16)13-21(28)25-17-5-6-18(23)19(24)12-17/h3-6,11-12,16H,7-10,13H2,1-2H3,(H,25,28)(H,26,29). The molecule has 1 heterocycles. The maximum Gasteiger partial charge on any atom is 0.238 e. The first-order valence-corrected chi connectivity index (χ1v) is 10.4. The highest BCUT2D eigenvalue weighted by Crippen LogP contribution is 2.25. The van der Waals surface area contributed by atoms with Gasteiger partial charge in [-0.05, 0) is 75.2 Å². The van der Waals surface area contributed by atoms with Crippen molar-refractivity contribution in [2.45, 2.75) is 26.7 Å². The number of halogens is 2. The lowest BCUT2D eigenvalue weighted by Gasteiger charge is -2.30. The average molecular weight is 434 g/mol. The maximum atomic E-state index is 12.6. The molecule has 1 aliphatic rings. The summed E-state index contributed by atoms with van der Waals surface area (Å²) in [4.78, 5) is 27.0. The van der Waals surface area contributed by atoms with Gasteiger partial charge in [0.05, 0.1) is 16.6 Å². The van der Waals surface area contributed by atoms with Crippen LogP contribution in [0.25, 0.3) is 0 Å². The van der Waals surface area contributed by atoms with E-state index in [4.69, 9.17) is 23.2 Å². The van der Waals surface area contributed by atoms with Crippen LogP contribution in [0.4, 0.5) is 11.4 Å². The molecule has 0 saturated carbocycles. The zero-order chi connectivity index (χ0) is 21.0. The number of aryl methyl sites for hydroxylation is 2. The molecule has 2 amide bonds. The van der Waals surface area contributed by atoms with Crippen molar-refractivity contribution in [2.24, 2.45) is 5.92 Å². The lowest BCUT2D eigenvalue weighted by atomic mass is 9.95. The first-order chi connectivity index (χ1) is 13.8. The van der Waals surface area contributed by atoms with E-state index in [1.807, 2.05) is 32.0 Å². The number of likely N-dealkylation sites (tertiary alicyclic amines) is 1. The molecule has 2 aromatic carbocycles. The number of nitrogens with one attached hydrogen (secondary N) is 2. The second kappa shape index (κ2) is 9.61. The molecule has 1 fully saturated rings. The van der Waals surface area contributed by atoms with E-state index < -0.39 is 0 Å². The highest BCUT2D eigenvalue weighted by Gasteiger charge is 2.26. The molecule has 0 bridgehead atoms.